The van der Waals surface area contributed by atoms with Crippen molar-refractivity contribution in [2.75, 3.05) is 12.4 Å². The highest BCUT2D eigenvalue weighted by Crippen LogP contribution is 2.49. The highest BCUT2D eigenvalue weighted by Gasteiger charge is 2.59. The summed E-state index contributed by atoms with van der Waals surface area (Å²) in [7, 11) is 0. The third-order valence-corrected chi connectivity index (χ3v) is 5.19. The number of halogens is 3. The normalized spacial score (nSPS) is 26.7. The van der Waals surface area contributed by atoms with Gasteiger partial charge in [0.25, 0.3) is 5.91 Å². The second kappa shape index (κ2) is 4.92. The van der Waals surface area contributed by atoms with Gasteiger partial charge in [0, 0.05) is 24.4 Å². The minimum atomic E-state index is -1.44. The molecule has 0 aliphatic carbocycles. The number of carbonyl (C=O) groups is 1. The van der Waals surface area contributed by atoms with Gasteiger partial charge in [0.1, 0.15) is 0 Å². The van der Waals surface area contributed by atoms with Crippen molar-refractivity contribution in [2.24, 2.45) is 5.41 Å². The number of likely N-dealkylation sites (tertiary alicyclic amines) is 1. The van der Waals surface area contributed by atoms with Gasteiger partial charge in [-0.2, -0.15) is 0 Å². The summed E-state index contributed by atoms with van der Waals surface area (Å²) in [6.07, 6.45) is 0. The van der Waals surface area contributed by atoms with Crippen molar-refractivity contribution in [2.45, 2.75) is 17.8 Å². The van der Waals surface area contributed by atoms with Crippen molar-refractivity contribution in [3.05, 3.63) is 35.9 Å². The minimum absolute atomic E-state index is 0.247. The molecule has 1 aromatic rings. The molecule has 1 heterocycles. The van der Waals surface area contributed by atoms with Gasteiger partial charge in [0.05, 0.1) is 0 Å². The van der Waals surface area contributed by atoms with Crippen LogP contribution in [0.5, 0.6) is 0 Å². The van der Waals surface area contributed by atoms with Gasteiger partial charge < -0.3 is 4.90 Å². The summed E-state index contributed by atoms with van der Waals surface area (Å²) in [5.41, 5.74) is 0.428. The summed E-state index contributed by atoms with van der Waals surface area (Å²) in [6.45, 7) is 2.81. The van der Waals surface area contributed by atoms with E-state index < -0.39 is 9.75 Å². The molecule has 0 spiro atoms. The first kappa shape index (κ1) is 14.0. The van der Waals surface area contributed by atoms with E-state index in [0.29, 0.717) is 13.1 Å². The molecule has 2 rings (SSSR count). The summed E-state index contributed by atoms with van der Waals surface area (Å²) < 4.78 is -1.44. The van der Waals surface area contributed by atoms with Crippen LogP contribution in [0.15, 0.2) is 30.3 Å². The number of hydrogen-bond acceptors (Lipinski definition) is 1. The Morgan fingerprint density at radius 3 is 2.39 bits per heavy atom. The molecule has 1 saturated heterocycles. The van der Waals surface area contributed by atoms with Crippen LogP contribution < -0.4 is 0 Å². The number of amides is 1. The maximum atomic E-state index is 12.2. The van der Waals surface area contributed by atoms with E-state index in [1.165, 1.54) is 0 Å². The van der Waals surface area contributed by atoms with Crippen molar-refractivity contribution >= 4 is 40.7 Å². The van der Waals surface area contributed by atoms with E-state index in [-0.39, 0.29) is 11.8 Å². The Balaban J connectivity index is 2.20. The van der Waals surface area contributed by atoms with Gasteiger partial charge in [0.15, 0.2) is 0 Å². The van der Waals surface area contributed by atoms with Gasteiger partial charge in [-0.1, -0.05) is 60.5 Å². The lowest BCUT2D eigenvalue weighted by atomic mass is 9.91. The maximum absolute atomic E-state index is 12.2. The molecule has 0 aromatic heterocycles. The quantitative estimate of drug-likeness (QED) is 0.783. The zero-order chi connectivity index (χ0) is 13.4. The average molecular weight is 307 g/mol. The van der Waals surface area contributed by atoms with Crippen LogP contribution in [0.2, 0.25) is 0 Å². The van der Waals surface area contributed by atoms with Crippen molar-refractivity contribution in [1.29, 1.82) is 0 Å². The predicted molar refractivity (Wildman–Crippen MR) is 75.1 cm³/mol. The SMILES string of the molecule is CC1(CCl)CN(Cc2ccccc2)C(=O)C1(Cl)Cl. The van der Waals surface area contributed by atoms with Gasteiger partial charge in [-0.3, -0.25) is 4.79 Å². The minimum Gasteiger partial charge on any atom is -0.335 e. The van der Waals surface area contributed by atoms with E-state index in [1.54, 1.807) is 4.90 Å². The van der Waals surface area contributed by atoms with Crippen molar-refractivity contribution < 1.29 is 4.79 Å². The highest BCUT2D eigenvalue weighted by molar-refractivity contribution is 6.59. The monoisotopic (exact) mass is 305 g/mol. The lowest BCUT2D eigenvalue weighted by Crippen LogP contribution is -2.39. The van der Waals surface area contributed by atoms with Crippen LogP contribution in [0.1, 0.15) is 12.5 Å². The van der Waals surface area contributed by atoms with Gasteiger partial charge in [0.2, 0.25) is 4.33 Å². The van der Waals surface area contributed by atoms with Gasteiger partial charge in [-0.15, -0.1) is 11.6 Å². The first-order valence-corrected chi connectivity index (χ1v) is 6.97. The second-order valence-electron chi connectivity index (χ2n) is 4.92. The van der Waals surface area contributed by atoms with Crippen molar-refractivity contribution in [3.63, 3.8) is 0 Å². The molecular formula is C13H14Cl3NO. The molecule has 2 nitrogen and oxygen atoms in total. The third-order valence-electron chi connectivity index (χ3n) is 3.36. The standard InChI is InChI=1S/C13H14Cl3NO/c1-12(8-14)9-17(11(18)13(12,15)16)7-10-5-3-2-4-6-10/h2-6H,7-9H2,1H3. The number of benzene rings is 1. The summed E-state index contributed by atoms with van der Waals surface area (Å²) in [4.78, 5) is 13.9. The molecule has 0 saturated carbocycles. The smallest absolute Gasteiger partial charge is 0.260 e. The number of carbonyl (C=O) groups excluding carboxylic acids is 1. The van der Waals surface area contributed by atoms with Gasteiger partial charge in [-0.05, 0) is 5.56 Å². The number of nitrogens with zero attached hydrogens (tertiary/aromatic N) is 1. The summed E-state index contributed by atoms with van der Waals surface area (Å²) in [5, 5.41) is 0. The fourth-order valence-electron chi connectivity index (χ4n) is 2.11. The summed E-state index contributed by atoms with van der Waals surface area (Å²) in [6, 6.07) is 9.74. The Labute approximate surface area is 122 Å². The van der Waals surface area contributed by atoms with E-state index in [9.17, 15) is 4.79 Å². The Kier molecular flexibility index (Phi) is 3.82. The lowest BCUT2D eigenvalue weighted by molar-refractivity contribution is -0.128. The fraction of sp³-hybridized carbons (Fsp3) is 0.462. The number of rotatable bonds is 3. The van der Waals surface area contributed by atoms with Crippen LogP contribution >= 0.6 is 34.8 Å². The molecule has 0 N–H and O–H groups in total. The van der Waals surface area contributed by atoms with Crippen LogP contribution in [-0.4, -0.2) is 27.6 Å². The molecule has 1 aromatic carbocycles. The molecule has 5 heteroatoms. The van der Waals surface area contributed by atoms with Gasteiger partial charge in [-0.25, -0.2) is 0 Å². The maximum Gasteiger partial charge on any atom is 0.260 e. The molecule has 1 atom stereocenters. The largest absolute Gasteiger partial charge is 0.335 e. The molecule has 18 heavy (non-hydrogen) atoms. The first-order chi connectivity index (χ1) is 8.40. The summed E-state index contributed by atoms with van der Waals surface area (Å²) >= 11 is 18.3. The zero-order valence-electron chi connectivity index (χ0n) is 10.00. The van der Waals surface area contributed by atoms with E-state index in [4.69, 9.17) is 34.8 Å². The van der Waals surface area contributed by atoms with Crippen LogP contribution in [0.4, 0.5) is 0 Å². The average Bonchev–Trinajstić information content (AvgIpc) is 2.53. The van der Waals surface area contributed by atoms with Crippen LogP contribution in [0.25, 0.3) is 0 Å². The zero-order valence-corrected chi connectivity index (χ0v) is 12.3. The van der Waals surface area contributed by atoms with E-state index >= 15 is 0 Å². The Bertz CT molecular complexity index is 449. The Morgan fingerprint density at radius 2 is 1.89 bits per heavy atom. The molecule has 1 amide bonds. The molecule has 1 fully saturated rings. The molecule has 1 aliphatic heterocycles. The van der Waals surface area contributed by atoms with E-state index in [1.807, 2.05) is 37.3 Å². The Morgan fingerprint density at radius 1 is 1.28 bits per heavy atom. The van der Waals surface area contributed by atoms with Crippen molar-refractivity contribution in [3.8, 4) is 0 Å². The predicted octanol–water partition coefficient (Wildman–Crippen LogP) is 3.45. The van der Waals surface area contributed by atoms with Crippen LogP contribution in [0.3, 0.4) is 0 Å². The van der Waals surface area contributed by atoms with Crippen molar-refractivity contribution in [1.82, 2.24) is 4.90 Å². The topological polar surface area (TPSA) is 20.3 Å². The molecule has 1 unspecified atom stereocenters. The number of alkyl halides is 3. The fourth-order valence-corrected chi connectivity index (χ4v) is 3.02. The molecular weight excluding hydrogens is 293 g/mol. The first-order valence-electron chi connectivity index (χ1n) is 5.68. The third kappa shape index (κ3) is 2.22. The van der Waals surface area contributed by atoms with Crippen LogP contribution in [-0.2, 0) is 11.3 Å². The molecule has 1 aliphatic rings. The van der Waals surface area contributed by atoms with Crippen LogP contribution in [0, 0.1) is 5.41 Å². The Hall–Kier alpha value is -0.440. The highest BCUT2D eigenvalue weighted by atomic mass is 35.5. The molecule has 0 radical (unpaired) electrons. The van der Waals surface area contributed by atoms with Gasteiger partial charge >= 0.3 is 0 Å². The lowest BCUT2D eigenvalue weighted by Gasteiger charge is -2.28. The van der Waals surface area contributed by atoms with E-state index in [0.717, 1.165) is 5.56 Å². The second-order valence-corrected chi connectivity index (χ2v) is 6.51. The molecule has 0 bridgehead atoms. The van der Waals surface area contributed by atoms with E-state index in [2.05, 4.69) is 0 Å². The number of hydrogen-bond donors (Lipinski definition) is 0. The summed E-state index contributed by atoms with van der Waals surface area (Å²) in [5.74, 6) is -0.0188. The molecule has 98 valence electrons.